The van der Waals surface area contributed by atoms with Crippen molar-refractivity contribution >= 4 is 14.3 Å². The quantitative estimate of drug-likeness (QED) is 0.280. The number of carbonyl (C=O) groups is 1. The van der Waals surface area contributed by atoms with Crippen molar-refractivity contribution in [3.05, 3.63) is 23.6 Å². The number of esters is 1. The first-order chi connectivity index (χ1) is 16.2. The van der Waals surface area contributed by atoms with Crippen LogP contribution in [-0.4, -0.2) is 28.0 Å². The second-order valence-corrected chi connectivity index (χ2v) is 19.0. The zero-order chi connectivity index (χ0) is 26.0. The van der Waals surface area contributed by atoms with E-state index in [9.17, 15) is 4.79 Å². The van der Waals surface area contributed by atoms with Gasteiger partial charge in [0, 0.05) is 12.5 Å². The first kappa shape index (κ1) is 27.1. The van der Waals surface area contributed by atoms with Crippen LogP contribution in [0.4, 0.5) is 4.39 Å². The summed E-state index contributed by atoms with van der Waals surface area (Å²) in [7, 11) is -0.416. The fourth-order valence-corrected chi connectivity index (χ4v) is 9.60. The molecular weight excluding hydrogens is 455 g/mol. The van der Waals surface area contributed by atoms with Gasteiger partial charge in [0.25, 0.3) is 0 Å². The van der Waals surface area contributed by atoms with Crippen LogP contribution in [0, 0.1) is 46.3 Å². The summed E-state index contributed by atoms with van der Waals surface area (Å²) in [6, 6.07) is 0. The van der Waals surface area contributed by atoms with Gasteiger partial charge in [0.1, 0.15) is 5.83 Å². The molecule has 0 saturated heterocycles. The number of hydrogen-bond donors (Lipinski definition) is 0. The van der Waals surface area contributed by atoms with Gasteiger partial charge >= 0.3 is 5.97 Å². The highest BCUT2D eigenvalue weighted by Gasteiger charge is 2.61. The molecule has 0 aromatic heterocycles. The molecule has 4 rings (SSSR count). The van der Waals surface area contributed by atoms with Crippen LogP contribution >= 0.6 is 0 Å². The molecule has 4 aliphatic carbocycles. The minimum Gasteiger partial charge on any atom is -0.465 e. The van der Waals surface area contributed by atoms with Gasteiger partial charge in [-0.25, -0.2) is 9.18 Å². The van der Waals surface area contributed by atoms with E-state index in [4.69, 9.17) is 9.16 Å². The van der Waals surface area contributed by atoms with Crippen molar-refractivity contribution < 1.29 is 18.3 Å². The monoisotopic (exact) mass is 504 g/mol. The van der Waals surface area contributed by atoms with E-state index in [0.717, 1.165) is 25.9 Å². The Labute approximate surface area is 214 Å². The lowest BCUT2D eigenvalue weighted by atomic mass is 9.46. The zero-order valence-corrected chi connectivity index (χ0v) is 24.7. The summed E-state index contributed by atoms with van der Waals surface area (Å²) in [4.78, 5) is 12.1. The lowest BCUT2D eigenvalue weighted by Crippen LogP contribution is -2.52. The molecule has 0 unspecified atom stereocenters. The largest absolute Gasteiger partial charge is 0.465 e. The van der Waals surface area contributed by atoms with Crippen molar-refractivity contribution in [2.45, 2.75) is 98.2 Å². The summed E-state index contributed by atoms with van der Waals surface area (Å²) in [5.74, 6) is 2.13. The third-order valence-corrected chi connectivity index (χ3v) is 16.1. The SMILES string of the molecule is COC(=O)C1=C(F)[C@@H]2CC[C@@H]3[C@H](CC[C@]4(C)[C@@H]([C@H](C)CO[Si](C)(C)C(C)(C)C)CC[C@@H]34)[C@@]2(C)C=C1. The minimum absolute atomic E-state index is 0.130. The number of hydrogen-bond acceptors (Lipinski definition) is 3. The number of fused-ring (bicyclic) bond motifs is 5. The van der Waals surface area contributed by atoms with E-state index in [-0.39, 0.29) is 27.8 Å². The molecule has 0 aromatic carbocycles. The van der Waals surface area contributed by atoms with Crippen molar-refractivity contribution in [1.82, 2.24) is 0 Å². The normalized spacial score (nSPS) is 40.1. The van der Waals surface area contributed by atoms with E-state index in [0.29, 0.717) is 35.0 Å². The Morgan fingerprint density at radius 2 is 1.83 bits per heavy atom. The van der Waals surface area contributed by atoms with Crippen molar-refractivity contribution in [2.75, 3.05) is 13.7 Å². The minimum atomic E-state index is -1.75. The highest BCUT2D eigenvalue weighted by Crippen LogP contribution is 2.68. The number of halogens is 1. The second-order valence-electron chi connectivity index (χ2n) is 14.2. The first-order valence-electron chi connectivity index (χ1n) is 14.0. The molecule has 198 valence electrons. The van der Waals surface area contributed by atoms with Gasteiger partial charge in [-0.1, -0.05) is 47.6 Å². The van der Waals surface area contributed by atoms with Crippen molar-refractivity contribution in [2.24, 2.45) is 46.3 Å². The summed E-state index contributed by atoms with van der Waals surface area (Å²) in [6.07, 6.45) is 10.7. The Kier molecular flexibility index (Phi) is 7.06. The Hall–Kier alpha value is -0.943. The number of ether oxygens (including phenoxy) is 1. The van der Waals surface area contributed by atoms with E-state index >= 15 is 4.39 Å². The Morgan fingerprint density at radius 3 is 2.46 bits per heavy atom. The van der Waals surface area contributed by atoms with Crippen LogP contribution in [0.15, 0.2) is 23.6 Å². The topological polar surface area (TPSA) is 35.5 Å². The average molecular weight is 505 g/mol. The van der Waals surface area contributed by atoms with Crippen molar-refractivity contribution in [3.8, 4) is 0 Å². The number of rotatable bonds is 5. The predicted molar refractivity (Wildman–Crippen MR) is 143 cm³/mol. The lowest BCUT2D eigenvalue weighted by molar-refractivity contribution is -0.136. The van der Waals surface area contributed by atoms with E-state index < -0.39 is 14.3 Å². The van der Waals surface area contributed by atoms with Gasteiger partial charge in [0.2, 0.25) is 0 Å². The molecular formula is C30H49FO3Si. The van der Waals surface area contributed by atoms with E-state index in [1.807, 2.05) is 0 Å². The van der Waals surface area contributed by atoms with E-state index in [1.54, 1.807) is 6.08 Å². The highest BCUT2D eigenvalue weighted by molar-refractivity contribution is 6.74. The molecule has 35 heavy (non-hydrogen) atoms. The molecule has 0 heterocycles. The van der Waals surface area contributed by atoms with Crippen LogP contribution < -0.4 is 0 Å². The smallest absolute Gasteiger partial charge is 0.340 e. The number of carbonyl (C=O) groups excluding carboxylic acids is 1. The maximum Gasteiger partial charge on any atom is 0.340 e. The van der Waals surface area contributed by atoms with E-state index in [1.165, 1.54) is 26.4 Å². The number of methoxy groups -OCH3 is 1. The molecule has 3 saturated carbocycles. The molecule has 0 bridgehead atoms. The third-order valence-electron chi connectivity index (χ3n) is 11.6. The van der Waals surface area contributed by atoms with Crippen LogP contribution in [0.5, 0.6) is 0 Å². The molecule has 4 aliphatic rings. The zero-order valence-electron chi connectivity index (χ0n) is 23.7. The van der Waals surface area contributed by atoms with Gasteiger partial charge in [-0.05, 0) is 103 Å². The standard InChI is InChI=1S/C30H49FO3Si/c1-19(18-34-35(8,9)28(2,3)4)22-12-13-23-20-10-11-25-26(31)21(27(32)33-7)14-16-30(25,6)24(20)15-17-29(22,23)5/h14,16,19-20,22-25H,10-13,15,17-18H2,1-9H3/t19-,20+,22-,23+,24+,25+,29-,30-/m1/s1. The summed E-state index contributed by atoms with van der Waals surface area (Å²) >= 11 is 0. The van der Waals surface area contributed by atoms with Crippen LogP contribution in [0.3, 0.4) is 0 Å². The lowest BCUT2D eigenvalue weighted by Gasteiger charge is -2.59. The third kappa shape index (κ3) is 4.31. The average Bonchev–Trinajstić information content (AvgIpc) is 3.13. The Bertz CT molecular complexity index is 902. The molecule has 0 radical (unpaired) electrons. The van der Waals surface area contributed by atoms with Crippen LogP contribution in [-0.2, 0) is 14.0 Å². The maximum atomic E-state index is 15.5. The fourth-order valence-electron chi connectivity index (χ4n) is 8.48. The maximum absolute atomic E-state index is 15.5. The molecule has 0 N–H and O–H groups in total. The molecule has 5 heteroatoms. The fraction of sp³-hybridized carbons (Fsp3) is 0.833. The Morgan fingerprint density at radius 1 is 1.14 bits per heavy atom. The summed E-state index contributed by atoms with van der Waals surface area (Å²) in [5, 5.41) is 0.242. The van der Waals surface area contributed by atoms with Gasteiger partial charge in [-0.2, -0.15) is 0 Å². The van der Waals surface area contributed by atoms with Crippen LogP contribution in [0.1, 0.15) is 80.1 Å². The van der Waals surface area contributed by atoms with E-state index in [2.05, 4.69) is 60.7 Å². The first-order valence-corrected chi connectivity index (χ1v) is 16.9. The molecule has 8 atom stereocenters. The van der Waals surface area contributed by atoms with Gasteiger partial charge < -0.3 is 9.16 Å². The molecule has 3 nitrogen and oxygen atoms in total. The molecule has 0 aromatic rings. The van der Waals surface area contributed by atoms with Gasteiger partial charge in [0.05, 0.1) is 12.7 Å². The molecule has 0 spiro atoms. The van der Waals surface area contributed by atoms with Crippen LogP contribution in [0.25, 0.3) is 0 Å². The van der Waals surface area contributed by atoms with Gasteiger partial charge in [-0.15, -0.1) is 0 Å². The summed E-state index contributed by atoms with van der Waals surface area (Å²) in [6.45, 7) is 19.8. The summed E-state index contributed by atoms with van der Waals surface area (Å²) < 4.78 is 27.0. The number of allylic oxidation sites excluding steroid dienone is 2. The molecule has 3 fully saturated rings. The van der Waals surface area contributed by atoms with Crippen LogP contribution in [0.2, 0.25) is 18.1 Å². The highest BCUT2D eigenvalue weighted by atomic mass is 28.4. The van der Waals surface area contributed by atoms with Crippen molar-refractivity contribution in [1.29, 1.82) is 0 Å². The molecule has 0 amide bonds. The van der Waals surface area contributed by atoms with Gasteiger partial charge in [-0.3, -0.25) is 0 Å². The van der Waals surface area contributed by atoms with Gasteiger partial charge in [0.15, 0.2) is 8.32 Å². The predicted octanol–water partition coefficient (Wildman–Crippen LogP) is 8.09. The second kappa shape index (κ2) is 9.11. The van der Waals surface area contributed by atoms with Crippen molar-refractivity contribution in [3.63, 3.8) is 0 Å². The molecule has 0 aliphatic heterocycles. The Balaban J connectivity index is 1.50. The summed E-state index contributed by atoms with van der Waals surface area (Å²) in [5.41, 5.74) is 0.275.